The van der Waals surface area contributed by atoms with Gasteiger partial charge in [-0.05, 0) is 36.8 Å². The second kappa shape index (κ2) is 13.7. The molecule has 3 rings (SSSR count). The second-order valence-corrected chi connectivity index (χ2v) is 6.83. The Morgan fingerprint density at radius 2 is 1.29 bits per heavy atom. The predicted molar refractivity (Wildman–Crippen MR) is 118 cm³/mol. The van der Waals surface area contributed by atoms with Crippen LogP contribution in [0.15, 0.2) is 98.1 Å². The quantitative estimate of drug-likeness (QED) is 0.432. The molecular weight excluding hydrogens is 344 g/mol. The number of rotatable bonds is 10. The van der Waals surface area contributed by atoms with E-state index in [1.807, 2.05) is 48.6 Å². The Bertz CT molecular complexity index is 673. The average molecular weight is 377 g/mol. The molecule has 0 atom stereocenters. The van der Waals surface area contributed by atoms with E-state index < -0.39 is 0 Å². The summed E-state index contributed by atoms with van der Waals surface area (Å²) in [4.78, 5) is 0. The lowest BCUT2D eigenvalue weighted by Crippen LogP contribution is -2.10. The fraction of sp³-hybridized carbons (Fsp3) is 0.308. The number of hydrogen-bond donors (Lipinski definition) is 0. The van der Waals surface area contributed by atoms with E-state index in [9.17, 15) is 0 Å². The Morgan fingerprint density at radius 1 is 0.786 bits per heavy atom. The van der Waals surface area contributed by atoms with Crippen LogP contribution in [0.5, 0.6) is 0 Å². The van der Waals surface area contributed by atoms with Crippen molar-refractivity contribution >= 4 is 0 Å². The van der Waals surface area contributed by atoms with Crippen molar-refractivity contribution in [1.29, 1.82) is 0 Å². The van der Waals surface area contributed by atoms with Crippen LogP contribution in [0.3, 0.4) is 0 Å². The van der Waals surface area contributed by atoms with Crippen molar-refractivity contribution in [3.8, 4) is 0 Å². The molecule has 0 bridgehead atoms. The topological polar surface area (TPSA) is 18.5 Å². The van der Waals surface area contributed by atoms with Crippen molar-refractivity contribution in [1.82, 2.24) is 0 Å². The van der Waals surface area contributed by atoms with Crippen molar-refractivity contribution in [2.75, 3.05) is 0 Å². The molecule has 0 fully saturated rings. The van der Waals surface area contributed by atoms with E-state index in [4.69, 9.17) is 9.47 Å². The lowest BCUT2D eigenvalue weighted by atomic mass is 10.2. The van der Waals surface area contributed by atoms with Gasteiger partial charge in [0.05, 0.1) is 25.4 Å². The van der Waals surface area contributed by atoms with Crippen LogP contribution in [-0.2, 0) is 22.7 Å². The smallest absolute Gasteiger partial charge is 0.0720 e. The Labute approximate surface area is 170 Å². The van der Waals surface area contributed by atoms with E-state index >= 15 is 0 Å². The highest BCUT2D eigenvalue weighted by atomic mass is 16.5. The van der Waals surface area contributed by atoms with Crippen LogP contribution in [-0.4, -0.2) is 12.2 Å². The van der Waals surface area contributed by atoms with Crippen LogP contribution >= 0.6 is 0 Å². The maximum atomic E-state index is 5.77. The Hall–Kier alpha value is -2.42. The summed E-state index contributed by atoms with van der Waals surface area (Å²) in [7, 11) is 0. The summed E-state index contributed by atoms with van der Waals surface area (Å²) in [5, 5.41) is 0. The third-order valence-corrected chi connectivity index (χ3v) is 4.48. The summed E-state index contributed by atoms with van der Waals surface area (Å²) in [6.07, 6.45) is 12.7. The van der Waals surface area contributed by atoms with Gasteiger partial charge in [-0.2, -0.15) is 0 Å². The minimum Gasteiger partial charge on any atom is -0.373 e. The standard InChI is InChI=1S/C14H18O.C12H14O/c1-3-8-14(9-4-2)15-12-13-10-6-5-7-11-13;1-2-6-11(7-3-1)10-13-12-8-4-5-9-12/h3-7,10-11,14H,1-2,8-9,12H2;1-7,12H,8-10H2. The van der Waals surface area contributed by atoms with Crippen molar-refractivity contribution in [3.05, 3.63) is 109 Å². The first kappa shape index (κ1) is 21.9. The zero-order valence-corrected chi connectivity index (χ0v) is 16.7. The van der Waals surface area contributed by atoms with Gasteiger partial charge in [-0.3, -0.25) is 0 Å². The molecule has 0 saturated heterocycles. The van der Waals surface area contributed by atoms with E-state index in [1.54, 1.807) is 0 Å². The molecule has 0 aromatic heterocycles. The zero-order valence-electron chi connectivity index (χ0n) is 16.7. The first-order valence-electron chi connectivity index (χ1n) is 9.99. The van der Waals surface area contributed by atoms with Crippen LogP contribution in [0.1, 0.15) is 36.8 Å². The monoisotopic (exact) mass is 376 g/mol. The highest BCUT2D eigenvalue weighted by Crippen LogP contribution is 2.15. The van der Waals surface area contributed by atoms with Crippen molar-refractivity contribution < 1.29 is 9.47 Å². The van der Waals surface area contributed by atoms with E-state index in [0.717, 1.165) is 32.3 Å². The molecule has 0 unspecified atom stereocenters. The molecule has 148 valence electrons. The lowest BCUT2D eigenvalue weighted by Gasteiger charge is -2.14. The third-order valence-electron chi connectivity index (χ3n) is 4.48. The Morgan fingerprint density at radius 3 is 1.79 bits per heavy atom. The molecule has 0 heterocycles. The molecule has 0 saturated carbocycles. The van der Waals surface area contributed by atoms with Crippen LogP contribution in [0.2, 0.25) is 0 Å². The highest BCUT2D eigenvalue weighted by molar-refractivity contribution is 5.14. The number of hydrogen-bond acceptors (Lipinski definition) is 2. The maximum Gasteiger partial charge on any atom is 0.0720 e. The van der Waals surface area contributed by atoms with E-state index in [1.165, 1.54) is 11.1 Å². The van der Waals surface area contributed by atoms with Crippen LogP contribution in [0, 0.1) is 0 Å². The van der Waals surface area contributed by atoms with Crippen molar-refractivity contribution in [3.63, 3.8) is 0 Å². The van der Waals surface area contributed by atoms with Gasteiger partial charge in [0, 0.05) is 0 Å². The third kappa shape index (κ3) is 8.98. The van der Waals surface area contributed by atoms with E-state index in [0.29, 0.717) is 12.7 Å². The van der Waals surface area contributed by atoms with Gasteiger partial charge in [0.25, 0.3) is 0 Å². The fourth-order valence-corrected chi connectivity index (χ4v) is 2.91. The van der Waals surface area contributed by atoms with E-state index in [-0.39, 0.29) is 6.10 Å². The molecule has 2 aromatic carbocycles. The molecule has 0 spiro atoms. The highest BCUT2D eigenvalue weighted by Gasteiger charge is 2.09. The summed E-state index contributed by atoms with van der Waals surface area (Å²) >= 11 is 0. The molecule has 1 aliphatic carbocycles. The summed E-state index contributed by atoms with van der Waals surface area (Å²) < 4.78 is 11.5. The second-order valence-electron chi connectivity index (χ2n) is 6.83. The van der Waals surface area contributed by atoms with E-state index in [2.05, 4.69) is 49.6 Å². The lowest BCUT2D eigenvalue weighted by molar-refractivity contribution is 0.0448. The SMILES string of the molecule is C1=CCC(OCc2ccccc2)C1.C=CCC(CC=C)OCc1ccccc1. The average Bonchev–Trinajstić information content (AvgIpc) is 3.27. The van der Waals surface area contributed by atoms with Crippen LogP contribution < -0.4 is 0 Å². The summed E-state index contributed by atoms with van der Waals surface area (Å²) in [6, 6.07) is 20.5. The molecule has 0 N–H and O–H groups in total. The van der Waals surface area contributed by atoms with Gasteiger partial charge in [0.2, 0.25) is 0 Å². The Balaban J connectivity index is 0.000000202. The van der Waals surface area contributed by atoms with Gasteiger partial charge in [-0.1, -0.05) is 85.0 Å². The molecule has 2 nitrogen and oxygen atoms in total. The fourth-order valence-electron chi connectivity index (χ4n) is 2.91. The largest absolute Gasteiger partial charge is 0.373 e. The molecule has 28 heavy (non-hydrogen) atoms. The summed E-state index contributed by atoms with van der Waals surface area (Å²) in [5.74, 6) is 0. The Kier molecular flexibility index (Phi) is 10.7. The number of benzene rings is 2. The zero-order chi connectivity index (χ0) is 19.9. The van der Waals surface area contributed by atoms with Crippen LogP contribution in [0.25, 0.3) is 0 Å². The number of ether oxygens (including phenoxy) is 2. The van der Waals surface area contributed by atoms with Crippen molar-refractivity contribution in [2.24, 2.45) is 0 Å². The predicted octanol–water partition coefficient (Wildman–Crippen LogP) is 6.65. The van der Waals surface area contributed by atoms with Crippen LogP contribution in [0.4, 0.5) is 0 Å². The van der Waals surface area contributed by atoms with Gasteiger partial charge in [-0.15, -0.1) is 13.2 Å². The van der Waals surface area contributed by atoms with Gasteiger partial charge in [0.1, 0.15) is 0 Å². The summed E-state index contributed by atoms with van der Waals surface area (Å²) in [5.41, 5.74) is 2.46. The maximum absolute atomic E-state index is 5.77. The van der Waals surface area contributed by atoms with Gasteiger partial charge in [-0.25, -0.2) is 0 Å². The molecule has 2 aromatic rings. The molecule has 0 amide bonds. The van der Waals surface area contributed by atoms with Gasteiger partial charge < -0.3 is 9.47 Å². The normalized spacial score (nSPS) is 13.2. The first-order valence-corrected chi connectivity index (χ1v) is 9.99. The summed E-state index contributed by atoms with van der Waals surface area (Å²) in [6.45, 7) is 8.85. The van der Waals surface area contributed by atoms with Crippen molar-refractivity contribution in [2.45, 2.75) is 51.1 Å². The first-order chi connectivity index (χ1) is 13.8. The molecule has 2 heteroatoms. The minimum absolute atomic E-state index is 0.209. The minimum atomic E-state index is 0.209. The molecule has 1 aliphatic rings. The molecule has 0 radical (unpaired) electrons. The van der Waals surface area contributed by atoms with Gasteiger partial charge in [0.15, 0.2) is 0 Å². The molecular formula is C26H32O2. The van der Waals surface area contributed by atoms with Gasteiger partial charge >= 0.3 is 0 Å². The molecule has 0 aliphatic heterocycles.